The molecule has 5 rings (SSSR count). The normalized spacial score (nSPS) is 13.8. The number of nitrogens with zero attached hydrogens (tertiary/aromatic N) is 4. The van der Waals surface area contributed by atoms with Crippen molar-refractivity contribution >= 4 is 39.4 Å². The molecular formula is C24H23ClN4O4. The van der Waals surface area contributed by atoms with Gasteiger partial charge in [0.1, 0.15) is 17.8 Å². The van der Waals surface area contributed by atoms with Crippen LogP contribution in [0, 0.1) is 0 Å². The Labute approximate surface area is 194 Å². The molecular weight excluding hydrogens is 444 g/mol. The van der Waals surface area contributed by atoms with Crippen molar-refractivity contribution in [3.8, 4) is 11.4 Å². The first-order chi connectivity index (χ1) is 15.9. The number of carbonyl (C=O) groups excluding carboxylic acids is 1. The Kier molecular flexibility index (Phi) is 5.25. The lowest BCUT2D eigenvalue weighted by atomic mass is 10.2. The van der Waals surface area contributed by atoms with Crippen molar-refractivity contribution in [3.63, 3.8) is 0 Å². The van der Waals surface area contributed by atoms with E-state index in [0.717, 1.165) is 22.9 Å². The summed E-state index contributed by atoms with van der Waals surface area (Å²) in [5, 5.41) is 1.08. The topological polar surface area (TPSA) is 78.5 Å². The van der Waals surface area contributed by atoms with E-state index >= 15 is 0 Å². The third-order valence-electron chi connectivity index (χ3n) is 6.30. The number of likely N-dealkylation sites (tertiary alicyclic amines) is 1. The zero-order chi connectivity index (χ0) is 23.3. The second-order valence-corrected chi connectivity index (χ2v) is 8.65. The quantitative estimate of drug-likeness (QED) is 0.463. The molecule has 0 spiro atoms. The standard InChI is InChI=1S/C24H23ClN4O4/c1-26-19-9-8-17(33-2)13-18(19)21-22(26)23(31)29(16-7-5-6-15(25)12-16)24(32)28(21)14-20(30)27-10-3-4-11-27/h5-9,12-13H,3-4,10-11,14H2,1-2H3. The fourth-order valence-corrected chi connectivity index (χ4v) is 4.83. The zero-order valence-electron chi connectivity index (χ0n) is 18.4. The summed E-state index contributed by atoms with van der Waals surface area (Å²) < 4.78 is 9.62. The molecule has 2 aromatic heterocycles. The van der Waals surface area contributed by atoms with Gasteiger partial charge in [-0.15, -0.1) is 0 Å². The molecule has 0 radical (unpaired) electrons. The molecule has 0 aliphatic carbocycles. The summed E-state index contributed by atoms with van der Waals surface area (Å²) in [4.78, 5) is 42.3. The van der Waals surface area contributed by atoms with E-state index in [4.69, 9.17) is 16.3 Å². The summed E-state index contributed by atoms with van der Waals surface area (Å²) in [6.45, 7) is 1.19. The number of ether oxygens (including phenoxy) is 1. The number of rotatable bonds is 4. The SMILES string of the molecule is COc1ccc2c(c1)c1c(c(=O)n(-c3cccc(Cl)c3)c(=O)n1CC(=O)N1CCCC1)n2C. The van der Waals surface area contributed by atoms with Crippen LogP contribution in [0.3, 0.4) is 0 Å². The van der Waals surface area contributed by atoms with Gasteiger partial charge in [-0.05, 0) is 49.2 Å². The molecule has 1 amide bonds. The number of hydrogen-bond donors (Lipinski definition) is 0. The van der Waals surface area contributed by atoms with Gasteiger partial charge in [-0.3, -0.25) is 14.2 Å². The van der Waals surface area contributed by atoms with Crippen molar-refractivity contribution in [1.82, 2.24) is 18.6 Å². The molecule has 170 valence electrons. The first-order valence-corrected chi connectivity index (χ1v) is 11.1. The molecule has 4 aromatic rings. The summed E-state index contributed by atoms with van der Waals surface area (Å²) >= 11 is 6.15. The van der Waals surface area contributed by atoms with Gasteiger partial charge in [-0.1, -0.05) is 17.7 Å². The van der Waals surface area contributed by atoms with E-state index in [1.54, 1.807) is 60.0 Å². The van der Waals surface area contributed by atoms with Crippen molar-refractivity contribution in [3.05, 3.63) is 68.3 Å². The highest BCUT2D eigenvalue weighted by atomic mass is 35.5. The van der Waals surface area contributed by atoms with E-state index in [9.17, 15) is 14.4 Å². The monoisotopic (exact) mass is 466 g/mol. The summed E-state index contributed by atoms with van der Waals surface area (Å²) in [7, 11) is 3.33. The van der Waals surface area contributed by atoms with Crippen molar-refractivity contribution in [1.29, 1.82) is 0 Å². The largest absolute Gasteiger partial charge is 0.497 e. The van der Waals surface area contributed by atoms with Crippen LogP contribution in [0.25, 0.3) is 27.6 Å². The first kappa shape index (κ1) is 21.3. The molecule has 33 heavy (non-hydrogen) atoms. The second-order valence-electron chi connectivity index (χ2n) is 8.22. The Morgan fingerprint density at radius 1 is 1.06 bits per heavy atom. The minimum Gasteiger partial charge on any atom is -0.497 e. The average molecular weight is 467 g/mol. The molecule has 3 heterocycles. The van der Waals surface area contributed by atoms with Crippen LogP contribution in [0.5, 0.6) is 5.75 Å². The van der Waals surface area contributed by atoms with Gasteiger partial charge in [-0.2, -0.15) is 0 Å². The summed E-state index contributed by atoms with van der Waals surface area (Å²) in [5.41, 5.74) is 0.801. The van der Waals surface area contributed by atoms with Crippen LogP contribution in [-0.2, 0) is 18.4 Å². The Morgan fingerprint density at radius 3 is 2.52 bits per heavy atom. The minimum atomic E-state index is -0.586. The third-order valence-corrected chi connectivity index (χ3v) is 6.53. The highest BCUT2D eigenvalue weighted by molar-refractivity contribution is 6.30. The van der Waals surface area contributed by atoms with E-state index in [2.05, 4.69) is 0 Å². The number of fused-ring (bicyclic) bond motifs is 3. The molecule has 8 nitrogen and oxygen atoms in total. The third kappa shape index (κ3) is 3.41. The number of amides is 1. The molecule has 9 heteroatoms. The predicted octanol–water partition coefficient (Wildman–Crippen LogP) is 2.93. The Bertz CT molecular complexity index is 1530. The predicted molar refractivity (Wildman–Crippen MR) is 128 cm³/mol. The number of methoxy groups -OCH3 is 1. The number of halogens is 1. The molecule has 0 unspecified atom stereocenters. The van der Waals surface area contributed by atoms with E-state index in [-0.39, 0.29) is 12.5 Å². The Morgan fingerprint density at radius 2 is 1.82 bits per heavy atom. The summed E-state index contributed by atoms with van der Waals surface area (Å²) in [5.74, 6) is 0.450. The molecule has 1 fully saturated rings. The van der Waals surface area contributed by atoms with Gasteiger partial charge >= 0.3 is 5.69 Å². The van der Waals surface area contributed by atoms with Gasteiger partial charge < -0.3 is 14.2 Å². The van der Waals surface area contributed by atoms with Gasteiger partial charge in [0.15, 0.2) is 0 Å². The zero-order valence-corrected chi connectivity index (χ0v) is 19.1. The molecule has 1 aliphatic heterocycles. The van der Waals surface area contributed by atoms with Gasteiger partial charge in [0.2, 0.25) is 5.91 Å². The lowest BCUT2D eigenvalue weighted by Gasteiger charge is -2.18. The van der Waals surface area contributed by atoms with Crippen molar-refractivity contribution in [2.75, 3.05) is 20.2 Å². The van der Waals surface area contributed by atoms with Gasteiger partial charge in [0, 0.05) is 30.5 Å². The van der Waals surface area contributed by atoms with Crippen molar-refractivity contribution in [2.24, 2.45) is 7.05 Å². The maximum Gasteiger partial charge on any atom is 0.336 e. The van der Waals surface area contributed by atoms with E-state index < -0.39 is 11.2 Å². The molecule has 0 atom stereocenters. The van der Waals surface area contributed by atoms with Gasteiger partial charge in [0.05, 0.1) is 23.8 Å². The number of carbonyl (C=O) groups is 1. The van der Waals surface area contributed by atoms with Crippen molar-refractivity contribution in [2.45, 2.75) is 19.4 Å². The molecule has 0 N–H and O–H groups in total. The lowest BCUT2D eigenvalue weighted by molar-refractivity contribution is -0.130. The van der Waals surface area contributed by atoms with Crippen LogP contribution in [-0.4, -0.2) is 44.7 Å². The Balaban J connectivity index is 1.88. The van der Waals surface area contributed by atoms with Crippen LogP contribution in [0.2, 0.25) is 5.02 Å². The lowest BCUT2D eigenvalue weighted by Crippen LogP contribution is -2.42. The van der Waals surface area contributed by atoms with Crippen LogP contribution < -0.4 is 16.0 Å². The molecule has 0 bridgehead atoms. The van der Waals surface area contributed by atoms with Crippen LogP contribution in [0.1, 0.15) is 12.8 Å². The van der Waals surface area contributed by atoms with E-state index in [1.807, 2.05) is 6.07 Å². The van der Waals surface area contributed by atoms with Crippen LogP contribution >= 0.6 is 11.6 Å². The summed E-state index contributed by atoms with van der Waals surface area (Å²) in [6, 6.07) is 12.0. The maximum absolute atomic E-state index is 13.7. The first-order valence-electron chi connectivity index (χ1n) is 10.8. The molecule has 1 saturated heterocycles. The van der Waals surface area contributed by atoms with Gasteiger partial charge in [0.25, 0.3) is 5.56 Å². The average Bonchev–Trinajstić information content (AvgIpc) is 3.44. The van der Waals surface area contributed by atoms with Crippen LogP contribution in [0.15, 0.2) is 52.1 Å². The minimum absolute atomic E-state index is 0.146. The van der Waals surface area contributed by atoms with E-state index in [0.29, 0.717) is 46.0 Å². The smallest absolute Gasteiger partial charge is 0.336 e. The number of hydrogen-bond acceptors (Lipinski definition) is 4. The van der Waals surface area contributed by atoms with Crippen molar-refractivity contribution < 1.29 is 9.53 Å². The van der Waals surface area contributed by atoms with E-state index in [1.165, 1.54) is 4.57 Å². The van der Waals surface area contributed by atoms with Crippen LogP contribution in [0.4, 0.5) is 0 Å². The number of benzene rings is 2. The Hall–Kier alpha value is -3.52. The number of aromatic nitrogens is 3. The fraction of sp³-hybridized carbons (Fsp3) is 0.292. The highest BCUT2D eigenvalue weighted by Crippen LogP contribution is 2.29. The molecule has 1 aliphatic rings. The second kappa shape index (κ2) is 8.12. The summed E-state index contributed by atoms with van der Waals surface area (Å²) in [6.07, 6.45) is 1.90. The molecule has 0 saturated carbocycles. The number of aryl methyl sites for hydroxylation is 1. The van der Waals surface area contributed by atoms with Gasteiger partial charge in [-0.25, -0.2) is 9.36 Å². The fourth-order valence-electron chi connectivity index (χ4n) is 4.65. The molecule has 2 aromatic carbocycles. The maximum atomic E-state index is 13.7. The highest BCUT2D eigenvalue weighted by Gasteiger charge is 2.25.